The van der Waals surface area contributed by atoms with E-state index in [4.69, 9.17) is 0 Å². The van der Waals surface area contributed by atoms with Gasteiger partial charge in [0.15, 0.2) is 0 Å². The van der Waals surface area contributed by atoms with Crippen LogP contribution in [0.15, 0.2) is 46.5 Å². The van der Waals surface area contributed by atoms with Crippen molar-refractivity contribution < 1.29 is 9.18 Å². The summed E-state index contributed by atoms with van der Waals surface area (Å²) in [6, 6.07) is 7.37. The van der Waals surface area contributed by atoms with Crippen molar-refractivity contribution in [3.05, 3.63) is 53.6 Å². The summed E-state index contributed by atoms with van der Waals surface area (Å²) in [6.45, 7) is 7.43. The molecule has 0 radical (unpaired) electrons. The first-order valence-electron chi connectivity index (χ1n) is 11.5. The first-order chi connectivity index (χ1) is 15.9. The molecule has 1 aromatic heterocycles. The van der Waals surface area contributed by atoms with Crippen molar-refractivity contribution in [2.45, 2.75) is 52.0 Å². The third-order valence-corrected chi connectivity index (χ3v) is 6.72. The molecule has 2 N–H and O–H groups in total. The average Bonchev–Trinajstić information content (AvgIpc) is 3.27. The number of halogens is 1. The van der Waals surface area contributed by atoms with Gasteiger partial charge in [0.05, 0.1) is 11.7 Å². The maximum Gasteiger partial charge on any atom is 0.271 e. The van der Waals surface area contributed by atoms with Gasteiger partial charge in [-0.25, -0.2) is 4.98 Å². The molecular formula is C25H29FN6O. The highest BCUT2D eigenvalue weighted by Crippen LogP contribution is 2.30. The molecule has 33 heavy (non-hydrogen) atoms. The van der Waals surface area contributed by atoms with Gasteiger partial charge in [0, 0.05) is 24.0 Å². The zero-order chi connectivity index (χ0) is 23.0. The third kappa shape index (κ3) is 4.80. The molecule has 2 aromatic rings. The molecule has 1 fully saturated rings. The second kappa shape index (κ2) is 8.67. The number of nitrogens with one attached hydrogen (secondary N) is 2. The summed E-state index contributed by atoms with van der Waals surface area (Å²) >= 11 is 0. The number of fused-ring (bicyclic) bond motifs is 2. The van der Waals surface area contributed by atoms with Gasteiger partial charge in [-0.1, -0.05) is 19.9 Å². The van der Waals surface area contributed by atoms with Crippen molar-refractivity contribution in [2.24, 2.45) is 15.4 Å². The number of aromatic nitrogens is 1. The van der Waals surface area contributed by atoms with Crippen LogP contribution in [0.5, 0.6) is 0 Å². The van der Waals surface area contributed by atoms with Crippen LogP contribution < -0.4 is 10.6 Å². The predicted molar refractivity (Wildman–Crippen MR) is 128 cm³/mol. The van der Waals surface area contributed by atoms with Crippen molar-refractivity contribution in [3.8, 4) is 0 Å². The Kier molecular flexibility index (Phi) is 5.70. The van der Waals surface area contributed by atoms with Crippen molar-refractivity contribution >= 4 is 28.7 Å². The van der Waals surface area contributed by atoms with Crippen molar-refractivity contribution in [2.75, 3.05) is 13.1 Å². The molecule has 0 spiro atoms. The molecule has 8 heteroatoms. The molecule has 3 aliphatic rings. The highest BCUT2D eigenvalue weighted by atomic mass is 19.1. The Morgan fingerprint density at radius 1 is 1.27 bits per heavy atom. The van der Waals surface area contributed by atoms with E-state index in [0.29, 0.717) is 35.3 Å². The van der Waals surface area contributed by atoms with Crippen molar-refractivity contribution in [1.82, 2.24) is 20.5 Å². The number of hydrogen-bond donors (Lipinski definition) is 2. The standard InChI is InChI=1S/C25H29FN6O/c1-25(2)6-9-32(10-7-25)15-18-12-17-11-16(3-4-19(17)31-22(18)26)13-29-24(33)21-14-28-23-20(30-21)5-8-27-23/h3-5,8,11-12,14,20,23,27H,6-7,9-10,13,15H2,1-2H3,(H,29,33). The zero-order valence-corrected chi connectivity index (χ0v) is 19.0. The molecule has 7 nitrogen and oxygen atoms in total. The van der Waals surface area contributed by atoms with Gasteiger partial charge in [0.25, 0.3) is 5.91 Å². The normalized spacial score (nSPS) is 23.8. The lowest BCUT2D eigenvalue weighted by Crippen LogP contribution is -2.38. The van der Waals surface area contributed by atoms with Gasteiger partial charge in [-0.05, 0) is 67.4 Å². The van der Waals surface area contributed by atoms with Crippen LogP contribution in [0.3, 0.4) is 0 Å². The molecule has 4 heterocycles. The minimum Gasteiger partial charge on any atom is -0.368 e. The van der Waals surface area contributed by atoms with Gasteiger partial charge in [0.2, 0.25) is 5.95 Å². The molecule has 1 amide bonds. The van der Waals surface area contributed by atoms with Gasteiger partial charge in [-0.2, -0.15) is 4.39 Å². The van der Waals surface area contributed by atoms with E-state index in [0.717, 1.165) is 36.9 Å². The number of aliphatic imine (C=N–C) groups is 2. The van der Waals surface area contributed by atoms with E-state index in [2.05, 4.69) is 44.3 Å². The number of amides is 1. The highest BCUT2D eigenvalue weighted by molar-refractivity contribution is 6.61. The molecule has 1 aromatic carbocycles. The van der Waals surface area contributed by atoms with E-state index >= 15 is 0 Å². The first kappa shape index (κ1) is 21.7. The Hall–Kier alpha value is -3.13. The quantitative estimate of drug-likeness (QED) is 0.689. The molecule has 2 unspecified atom stereocenters. The number of piperidine rings is 1. The highest BCUT2D eigenvalue weighted by Gasteiger charge is 2.27. The van der Waals surface area contributed by atoms with E-state index in [-0.39, 0.29) is 18.1 Å². The minimum atomic E-state index is -0.406. The number of benzene rings is 1. The van der Waals surface area contributed by atoms with Crippen LogP contribution >= 0.6 is 0 Å². The van der Waals surface area contributed by atoms with Crippen molar-refractivity contribution in [3.63, 3.8) is 0 Å². The summed E-state index contributed by atoms with van der Waals surface area (Å²) in [5, 5.41) is 6.85. The topological polar surface area (TPSA) is 82.0 Å². The smallest absolute Gasteiger partial charge is 0.271 e. The summed E-state index contributed by atoms with van der Waals surface area (Å²) in [5.41, 5.74) is 2.83. The number of carbonyl (C=O) groups excluding carboxylic acids is 1. The molecule has 2 atom stereocenters. The summed E-state index contributed by atoms with van der Waals surface area (Å²) in [7, 11) is 0. The van der Waals surface area contributed by atoms with Crippen LogP contribution in [0.1, 0.15) is 37.8 Å². The lowest BCUT2D eigenvalue weighted by molar-refractivity contribution is -0.114. The number of nitrogens with zero attached hydrogens (tertiary/aromatic N) is 4. The minimum absolute atomic E-state index is 0.111. The fourth-order valence-corrected chi connectivity index (χ4v) is 4.46. The summed E-state index contributed by atoms with van der Waals surface area (Å²) < 4.78 is 14.7. The first-order valence-corrected chi connectivity index (χ1v) is 11.5. The molecule has 1 saturated heterocycles. The number of pyridine rings is 1. The van der Waals surface area contributed by atoms with E-state index < -0.39 is 5.95 Å². The maximum absolute atomic E-state index is 14.7. The Labute approximate surface area is 192 Å². The predicted octanol–water partition coefficient (Wildman–Crippen LogP) is 2.95. The maximum atomic E-state index is 14.7. The van der Waals surface area contributed by atoms with Crippen LogP contribution in [0.4, 0.5) is 4.39 Å². The van der Waals surface area contributed by atoms with Gasteiger partial charge < -0.3 is 10.6 Å². The second-order valence-corrected chi connectivity index (χ2v) is 9.84. The number of carbonyl (C=O) groups is 1. The van der Waals surface area contributed by atoms with E-state index in [1.807, 2.05) is 30.5 Å². The van der Waals surface area contributed by atoms with E-state index in [1.165, 1.54) is 6.21 Å². The summed E-state index contributed by atoms with van der Waals surface area (Å²) in [5.74, 6) is -0.666. The molecular weight excluding hydrogens is 419 g/mol. The summed E-state index contributed by atoms with van der Waals surface area (Å²) in [4.78, 5) is 27.8. The number of hydrogen-bond acceptors (Lipinski definition) is 6. The van der Waals surface area contributed by atoms with Gasteiger partial charge in [-0.15, -0.1) is 0 Å². The zero-order valence-electron chi connectivity index (χ0n) is 19.0. The van der Waals surface area contributed by atoms with E-state index in [9.17, 15) is 9.18 Å². The molecule has 0 aliphatic carbocycles. The number of likely N-dealkylation sites (tertiary alicyclic amines) is 1. The van der Waals surface area contributed by atoms with E-state index in [1.54, 1.807) is 6.07 Å². The Morgan fingerprint density at radius 3 is 2.91 bits per heavy atom. The van der Waals surface area contributed by atoms with Crippen molar-refractivity contribution in [1.29, 1.82) is 0 Å². The van der Waals surface area contributed by atoms with Crippen LogP contribution in [0.2, 0.25) is 0 Å². The van der Waals surface area contributed by atoms with Crippen LogP contribution in [-0.2, 0) is 17.9 Å². The van der Waals surface area contributed by atoms with Crippen LogP contribution in [-0.4, -0.2) is 53.0 Å². The Bertz CT molecular complexity index is 1160. The Morgan fingerprint density at radius 2 is 2.09 bits per heavy atom. The van der Waals surface area contributed by atoms with Gasteiger partial charge in [-0.3, -0.25) is 19.7 Å². The van der Waals surface area contributed by atoms with Crippen LogP contribution in [0.25, 0.3) is 10.9 Å². The lowest BCUT2D eigenvalue weighted by Gasteiger charge is -2.36. The fourth-order valence-electron chi connectivity index (χ4n) is 4.46. The van der Waals surface area contributed by atoms with Gasteiger partial charge >= 0.3 is 0 Å². The average molecular weight is 449 g/mol. The van der Waals surface area contributed by atoms with Gasteiger partial charge in [0.1, 0.15) is 17.9 Å². The monoisotopic (exact) mass is 448 g/mol. The molecule has 0 bridgehead atoms. The largest absolute Gasteiger partial charge is 0.368 e. The molecule has 0 saturated carbocycles. The summed E-state index contributed by atoms with van der Waals surface area (Å²) in [6.07, 6.45) is 7.33. The SMILES string of the molecule is CC1(C)CCN(Cc2cc3cc(CNC(=O)C4=NC5C=CNC5N=C4)ccc3nc2F)CC1. The second-order valence-electron chi connectivity index (χ2n) is 9.84. The lowest BCUT2D eigenvalue weighted by atomic mass is 9.82. The number of rotatable bonds is 5. The molecule has 3 aliphatic heterocycles. The molecule has 5 rings (SSSR count). The Balaban J connectivity index is 1.26. The van der Waals surface area contributed by atoms with Crippen LogP contribution in [0, 0.1) is 11.4 Å². The third-order valence-electron chi connectivity index (χ3n) is 6.72. The fraction of sp³-hybridized carbons (Fsp3) is 0.440. The molecule has 172 valence electrons.